The zero-order chi connectivity index (χ0) is 26.7. The van der Waals surface area contributed by atoms with Gasteiger partial charge >= 0.3 is 0 Å². The highest BCUT2D eigenvalue weighted by atomic mass is 16.4. The summed E-state index contributed by atoms with van der Waals surface area (Å²) in [7, 11) is 0. The van der Waals surface area contributed by atoms with Gasteiger partial charge in [-0.15, -0.1) is 0 Å². The maximum absolute atomic E-state index is 11.8. The molecule has 0 spiro atoms. The highest BCUT2D eigenvalue weighted by Gasteiger charge is 2.08. The van der Waals surface area contributed by atoms with Crippen LogP contribution < -0.4 is 20.0 Å². The van der Waals surface area contributed by atoms with E-state index >= 15 is 0 Å². The number of carboxylic acid groups (broad SMARTS) is 2. The third-order valence-electron chi connectivity index (χ3n) is 5.09. The van der Waals surface area contributed by atoms with Crippen molar-refractivity contribution in [2.75, 3.05) is 9.80 Å². The predicted octanol–water partition coefficient (Wildman–Crippen LogP) is 5.99. The monoisotopic (exact) mass is 504 g/mol. The van der Waals surface area contributed by atoms with Crippen LogP contribution in [0.5, 0.6) is 0 Å². The number of benzene rings is 4. The molecule has 188 valence electrons. The van der Waals surface area contributed by atoms with E-state index < -0.39 is 12.2 Å². The van der Waals surface area contributed by atoms with E-state index in [1.807, 2.05) is 36.4 Å². The minimum Gasteiger partial charge on any atom is -0.529 e. The molecule has 38 heavy (non-hydrogen) atoms. The lowest BCUT2D eigenvalue weighted by molar-refractivity contribution is -0.247. The highest BCUT2D eigenvalue weighted by Crippen LogP contribution is 2.25. The van der Waals surface area contributed by atoms with Crippen LogP contribution in [0.1, 0.15) is 0 Å². The molecule has 10 heteroatoms. The van der Waals surface area contributed by atoms with Crippen molar-refractivity contribution in [3.8, 4) is 0 Å². The zero-order valence-corrected chi connectivity index (χ0v) is 19.9. The van der Waals surface area contributed by atoms with Crippen molar-refractivity contribution in [3.05, 3.63) is 122 Å². The summed E-state index contributed by atoms with van der Waals surface area (Å²) in [5.41, 5.74) is 2.78. The fraction of sp³-hybridized carbons (Fsp3) is 0. The fourth-order valence-electron chi connectivity index (χ4n) is 3.22. The molecule has 0 saturated heterocycles. The number of nitrogens with zero attached hydrogens (tertiary/aromatic N) is 6. The smallest absolute Gasteiger partial charge is 0.146 e. The van der Waals surface area contributed by atoms with Crippen molar-refractivity contribution >= 4 is 46.3 Å². The number of hydrogen-bond acceptors (Lipinski definition) is 8. The van der Waals surface area contributed by atoms with Crippen LogP contribution in [0.2, 0.25) is 0 Å². The van der Waals surface area contributed by atoms with E-state index in [0.717, 1.165) is 22.2 Å². The Morgan fingerprint density at radius 2 is 0.763 bits per heavy atom. The Labute approximate surface area is 218 Å². The van der Waals surface area contributed by atoms with Crippen molar-refractivity contribution in [1.82, 2.24) is 0 Å². The number of anilines is 2. The maximum atomic E-state index is 11.8. The lowest BCUT2D eigenvalue weighted by Gasteiger charge is -2.25. The highest BCUT2D eigenvalue weighted by molar-refractivity contribution is 5.89. The Morgan fingerprint density at radius 3 is 1.05 bits per heavy atom. The van der Waals surface area contributed by atoms with Crippen LogP contribution in [-0.2, 0) is 0 Å². The molecular formula is C28H20N6O4-2. The summed E-state index contributed by atoms with van der Waals surface area (Å²) in [5, 5.41) is 40.0. The van der Waals surface area contributed by atoms with Crippen molar-refractivity contribution < 1.29 is 19.8 Å². The van der Waals surface area contributed by atoms with Crippen LogP contribution >= 0.6 is 0 Å². The molecule has 0 aliphatic heterocycles. The Hall–Kier alpha value is -5.64. The first kappa shape index (κ1) is 25.5. The molecule has 4 aromatic rings. The minimum atomic E-state index is -1.56. The first-order chi connectivity index (χ1) is 18.5. The van der Waals surface area contributed by atoms with E-state index in [0.29, 0.717) is 22.7 Å². The van der Waals surface area contributed by atoms with Gasteiger partial charge in [-0.25, -0.2) is 0 Å². The Kier molecular flexibility index (Phi) is 8.28. The molecule has 4 aromatic carbocycles. The van der Waals surface area contributed by atoms with Gasteiger partial charge in [0, 0.05) is 23.8 Å². The molecule has 0 N–H and O–H groups in total. The first-order valence-corrected chi connectivity index (χ1v) is 11.3. The van der Waals surface area contributed by atoms with Crippen LogP contribution in [0.15, 0.2) is 142 Å². The first-order valence-electron chi connectivity index (χ1n) is 11.3. The number of amides is 2. The molecule has 0 aromatic heterocycles. The normalized spacial score (nSPS) is 11.3. The van der Waals surface area contributed by atoms with Crippen LogP contribution in [0.4, 0.5) is 43.7 Å². The van der Waals surface area contributed by atoms with Crippen LogP contribution in [0, 0.1) is 0 Å². The third-order valence-corrected chi connectivity index (χ3v) is 5.09. The summed E-state index contributed by atoms with van der Waals surface area (Å²) < 4.78 is 0. The van der Waals surface area contributed by atoms with Gasteiger partial charge in [-0.3, -0.25) is 0 Å². The lowest BCUT2D eigenvalue weighted by atomic mass is 10.2. The van der Waals surface area contributed by atoms with Gasteiger partial charge in [0.25, 0.3) is 0 Å². The van der Waals surface area contributed by atoms with E-state index in [1.165, 1.54) is 24.3 Å². The van der Waals surface area contributed by atoms with Gasteiger partial charge in [-0.05, 0) is 72.8 Å². The number of carbonyl (C=O) groups excluding carboxylic acids is 2. The van der Waals surface area contributed by atoms with Gasteiger partial charge in [0.1, 0.15) is 12.2 Å². The van der Waals surface area contributed by atoms with Crippen LogP contribution in [0.3, 0.4) is 0 Å². The summed E-state index contributed by atoms with van der Waals surface area (Å²) in [4.78, 5) is 25.1. The second-order valence-electron chi connectivity index (χ2n) is 7.67. The SMILES string of the molecule is O=C([O-])N(/C=C/N(C(=O)[O-])c1ccc(N=Nc2ccccc2)cc1)c1ccc(N=Nc2ccccc2)cc1. The molecule has 4 rings (SSSR count). The molecule has 10 nitrogen and oxygen atoms in total. The molecule has 0 heterocycles. The van der Waals surface area contributed by atoms with E-state index in [2.05, 4.69) is 20.5 Å². The molecule has 0 unspecified atom stereocenters. The largest absolute Gasteiger partial charge is 0.529 e. The molecule has 2 amide bonds. The molecule has 0 fully saturated rings. The Bertz CT molecular complexity index is 1340. The predicted molar refractivity (Wildman–Crippen MR) is 139 cm³/mol. The average Bonchev–Trinajstić information content (AvgIpc) is 2.95. The number of carbonyl (C=O) groups is 2. The topological polar surface area (TPSA) is 136 Å². The third kappa shape index (κ3) is 6.95. The Morgan fingerprint density at radius 1 is 0.474 bits per heavy atom. The van der Waals surface area contributed by atoms with E-state index in [1.54, 1.807) is 48.5 Å². The molecule has 0 aliphatic carbocycles. The second kappa shape index (κ2) is 12.4. The fourth-order valence-corrected chi connectivity index (χ4v) is 3.22. The van der Waals surface area contributed by atoms with E-state index in [4.69, 9.17) is 0 Å². The summed E-state index contributed by atoms with van der Waals surface area (Å²) in [6, 6.07) is 30.5. The Balaban J connectivity index is 1.48. The molecule has 0 radical (unpaired) electrons. The standard InChI is InChI=1S/C28H22N6O4/c35-27(36)33(25-15-11-23(12-16-25)31-29-21-7-3-1-4-8-21)19-20-34(28(37)38)26-17-13-24(14-18-26)32-30-22-9-5-2-6-10-22/h1-20H,(H,35,36)(H,37,38)/p-2/b20-19+,31-29?,32-30?. The minimum absolute atomic E-state index is 0.217. The molecular weight excluding hydrogens is 484 g/mol. The molecule has 0 aliphatic rings. The van der Waals surface area contributed by atoms with Gasteiger partial charge in [0.2, 0.25) is 0 Å². The maximum Gasteiger partial charge on any atom is 0.146 e. The van der Waals surface area contributed by atoms with Gasteiger partial charge in [0.15, 0.2) is 0 Å². The number of hydrogen-bond donors (Lipinski definition) is 0. The number of rotatable bonds is 8. The summed E-state index contributed by atoms with van der Waals surface area (Å²) in [5.74, 6) is 0. The zero-order valence-electron chi connectivity index (χ0n) is 19.9. The van der Waals surface area contributed by atoms with Crippen molar-refractivity contribution in [2.45, 2.75) is 0 Å². The lowest BCUT2D eigenvalue weighted by Crippen LogP contribution is -2.40. The van der Waals surface area contributed by atoms with Crippen molar-refractivity contribution in [1.29, 1.82) is 0 Å². The summed E-state index contributed by atoms with van der Waals surface area (Å²) in [6.07, 6.45) is -1.02. The second-order valence-corrected chi connectivity index (χ2v) is 7.67. The van der Waals surface area contributed by atoms with Gasteiger partial charge < -0.3 is 29.6 Å². The molecule has 0 atom stereocenters. The summed E-state index contributed by atoms with van der Waals surface area (Å²) >= 11 is 0. The van der Waals surface area contributed by atoms with Crippen molar-refractivity contribution in [3.63, 3.8) is 0 Å². The van der Waals surface area contributed by atoms with Crippen molar-refractivity contribution in [2.24, 2.45) is 20.5 Å². The summed E-state index contributed by atoms with van der Waals surface area (Å²) in [6.45, 7) is 0. The van der Waals surface area contributed by atoms with Gasteiger partial charge in [-0.1, -0.05) is 36.4 Å². The van der Waals surface area contributed by atoms with Crippen LogP contribution in [-0.4, -0.2) is 12.2 Å². The van der Waals surface area contributed by atoms with Gasteiger partial charge in [-0.2, -0.15) is 20.5 Å². The molecule has 0 saturated carbocycles. The average molecular weight is 505 g/mol. The number of azo groups is 2. The van der Waals surface area contributed by atoms with Gasteiger partial charge in [0.05, 0.1) is 22.7 Å². The van der Waals surface area contributed by atoms with E-state index in [-0.39, 0.29) is 11.4 Å². The molecule has 0 bridgehead atoms. The quantitative estimate of drug-likeness (QED) is 0.272. The van der Waals surface area contributed by atoms with Crippen LogP contribution in [0.25, 0.3) is 0 Å². The van der Waals surface area contributed by atoms with E-state index in [9.17, 15) is 19.8 Å².